The quantitative estimate of drug-likeness (QED) is 0.0918. The molecule has 0 aliphatic heterocycles. The number of amides is 1. The van der Waals surface area contributed by atoms with Crippen molar-refractivity contribution < 1.29 is 35.9 Å². The first-order chi connectivity index (χ1) is 21.6. The number of ether oxygens (including phenoxy) is 1. The lowest BCUT2D eigenvalue weighted by Gasteiger charge is -2.21. The summed E-state index contributed by atoms with van der Waals surface area (Å²) in [6.45, 7) is 6.78. The highest BCUT2D eigenvalue weighted by molar-refractivity contribution is 9.10. The summed E-state index contributed by atoms with van der Waals surface area (Å²) in [5.41, 5.74) is -0.530. The number of carbonyl (C=O) groups is 1. The molecule has 1 N–H and O–H groups in total. The minimum absolute atomic E-state index is 0.0944. The lowest BCUT2D eigenvalue weighted by Crippen LogP contribution is -2.35. The molecule has 15 heteroatoms. The number of hydrogen-bond acceptors (Lipinski definition) is 4. The van der Waals surface area contributed by atoms with Crippen molar-refractivity contribution >= 4 is 40.9 Å². The molecule has 1 saturated carbocycles. The molecule has 1 aromatic carbocycles. The van der Waals surface area contributed by atoms with Crippen molar-refractivity contribution in [1.82, 2.24) is 24.6 Å². The smallest absolute Gasteiger partial charge is 0.293 e. The summed E-state index contributed by atoms with van der Waals surface area (Å²) < 4.78 is 94.9. The molecule has 0 bridgehead atoms. The van der Waals surface area contributed by atoms with Crippen molar-refractivity contribution in [2.24, 2.45) is 5.92 Å². The van der Waals surface area contributed by atoms with Crippen molar-refractivity contribution in [2.75, 3.05) is 6.61 Å². The first-order valence-electron chi connectivity index (χ1n) is 14.9. The van der Waals surface area contributed by atoms with Gasteiger partial charge in [-0.25, -0.2) is 22.5 Å². The van der Waals surface area contributed by atoms with E-state index in [1.54, 1.807) is 10.6 Å². The van der Waals surface area contributed by atoms with Crippen LogP contribution >= 0.6 is 15.9 Å². The van der Waals surface area contributed by atoms with Gasteiger partial charge in [0.25, 0.3) is 12.3 Å². The Kier molecular flexibility index (Phi) is 8.63. The number of halogens is 7. The van der Waals surface area contributed by atoms with E-state index in [1.807, 2.05) is 12.3 Å². The van der Waals surface area contributed by atoms with Crippen LogP contribution in [-0.2, 0) is 35.2 Å². The third-order valence-corrected chi connectivity index (χ3v) is 10.8. The van der Waals surface area contributed by atoms with Crippen LogP contribution in [0.1, 0.15) is 53.0 Å². The summed E-state index contributed by atoms with van der Waals surface area (Å²) in [5.74, 6) is -7.63. The van der Waals surface area contributed by atoms with Gasteiger partial charge in [0.05, 0.1) is 11.7 Å². The van der Waals surface area contributed by atoms with E-state index < -0.39 is 73.8 Å². The van der Waals surface area contributed by atoms with Gasteiger partial charge >= 0.3 is 0 Å². The molecule has 2 aliphatic carbocycles. The molecule has 2 aliphatic rings. The highest BCUT2D eigenvalue weighted by atomic mass is 79.9. The Labute approximate surface area is 270 Å². The SMILES string of the molecule is C[Si](C)(C)CCOCn1ccc2cc(Br)c(C(Cc3cc(F)cc(F)c3)NC(=O)Cn3nc(C(F)F)c4c3C(F)(F)[C@@H]3C[C@H]43)nc21. The molecule has 3 atom stereocenters. The first-order valence-corrected chi connectivity index (χ1v) is 19.4. The van der Waals surface area contributed by atoms with E-state index in [2.05, 4.69) is 46.0 Å². The molecule has 3 heterocycles. The van der Waals surface area contributed by atoms with Crippen LogP contribution in [0.4, 0.5) is 26.3 Å². The van der Waals surface area contributed by atoms with Gasteiger partial charge in [-0.2, -0.15) is 13.9 Å². The molecule has 1 fully saturated rings. The Balaban J connectivity index is 1.30. The van der Waals surface area contributed by atoms with E-state index in [0.717, 1.165) is 29.6 Å². The monoisotopic (exact) mass is 727 g/mol. The molecule has 246 valence electrons. The fourth-order valence-corrected chi connectivity index (χ4v) is 7.49. The van der Waals surface area contributed by atoms with Crippen molar-refractivity contribution in [1.29, 1.82) is 0 Å². The van der Waals surface area contributed by atoms with Crippen LogP contribution in [0.25, 0.3) is 11.0 Å². The lowest BCUT2D eigenvalue weighted by atomic mass is 10.0. The molecule has 0 radical (unpaired) electrons. The number of nitrogens with zero attached hydrogens (tertiary/aromatic N) is 4. The van der Waals surface area contributed by atoms with Crippen LogP contribution in [0.5, 0.6) is 0 Å². The summed E-state index contributed by atoms with van der Waals surface area (Å²) >= 11 is 3.50. The van der Waals surface area contributed by atoms with Crippen molar-refractivity contribution in [3.05, 3.63) is 80.8 Å². The average molecular weight is 729 g/mol. The number of hydrogen-bond donors (Lipinski definition) is 1. The fourth-order valence-electron chi connectivity index (χ4n) is 6.12. The van der Waals surface area contributed by atoms with Gasteiger partial charge < -0.3 is 14.6 Å². The van der Waals surface area contributed by atoms with Gasteiger partial charge in [0.1, 0.15) is 41.9 Å². The second-order valence-electron chi connectivity index (χ2n) is 13.2. The minimum atomic E-state index is -3.39. The molecule has 3 aromatic heterocycles. The van der Waals surface area contributed by atoms with Crippen LogP contribution in [0.2, 0.25) is 25.7 Å². The van der Waals surface area contributed by atoms with E-state index in [4.69, 9.17) is 9.72 Å². The number of pyridine rings is 1. The van der Waals surface area contributed by atoms with Gasteiger partial charge in [-0.1, -0.05) is 19.6 Å². The molecule has 6 rings (SSSR count). The molecule has 0 saturated heterocycles. The Bertz CT molecular complexity index is 1790. The molecular formula is C31H32BrF6N5O2Si. The zero-order valence-electron chi connectivity index (χ0n) is 25.3. The minimum Gasteiger partial charge on any atom is -0.361 e. The fraction of sp³-hybridized carbons (Fsp3) is 0.452. The number of aromatic nitrogens is 4. The van der Waals surface area contributed by atoms with E-state index >= 15 is 8.78 Å². The molecule has 1 unspecified atom stereocenters. The number of carbonyl (C=O) groups excluding carboxylic acids is 1. The van der Waals surface area contributed by atoms with Crippen molar-refractivity contribution in [3.63, 3.8) is 0 Å². The number of rotatable bonds is 12. The molecule has 46 heavy (non-hydrogen) atoms. The Morgan fingerprint density at radius 3 is 2.54 bits per heavy atom. The lowest BCUT2D eigenvalue weighted by molar-refractivity contribution is -0.123. The van der Waals surface area contributed by atoms with Crippen molar-refractivity contribution in [3.8, 4) is 0 Å². The van der Waals surface area contributed by atoms with E-state index in [1.165, 1.54) is 0 Å². The maximum atomic E-state index is 15.1. The topological polar surface area (TPSA) is 74.0 Å². The highest BCUT2D eigenvalue weighted by Crippen LogP contribution is 2.68. The molecular weight excluding hydrogens is 696 g/mol. The average Bonchev–Trinajstić information content (AvgIpc) is 3.43. The molecule has 0 spiro atoms. The third kappa shape index (κ3) is 6.50. The second kappa shape index (κ2) is 12.1. The van der Waals surface area contributed by atoms with Gasteiger partial charge in [-0.15, -0.1) is 0 Å². The Morgan fingerprint density at radius 1 is 1.15 bits per heavy atom. The third-order valence-electron chi connectivity index (χ3n) is 8.43. The van der Waals surface area contributed by atoms with Crippen LogP contribution in [-0.4, -0.2) is 39.9 Å². The Hall–Kier alpha value is -3.17. The zero-order chi connectivity index (χ0) is 33.1. The highest BCUT2D eigenvalue weighted by Gasteiger charge is 2.67. The Morgan fingerprint density at radius 2 is 1.87 bits per heavy atom. The first kappa shape index (κ1) is 32.8. The number of alkyl halides is 4. The van der Waals surface area contributed by atoms with Crippen LogP contribution in [0, 0.1) is 17.6 Å². The van der Waals surface area contributed by atoms with Gasteiger partial charge in [-0.05, 0) is 70.6 Å². The predicted molar refractivity (Wildman–Crippen MR) is 164 cm³/mol. The normalized spacial score (nSPS) is 19.0. The summed E-state index contributed by atoms with van der Waals surface area (Å²) in [4.78, 5) is 18.2. The van der Waals surface area contributed by atoms with Gasteiger partial charge in [-0.3, -0.25) is 9.48 Å². The maximum Gasteiger partial charge on any atom is 0.293 e. The molecule has 1 amide bonds. The maximum absolute atomic E-state index is 15.1. The van der Waals surface area contributed by atoms with Gasteiger partial charge in [0.2, 0.25) is 5.91 Å². The largest absolute Gasteiger partial charge is 0.361 e. The number of nitrogens with one attached hydrogen (secondary N) is 1. The zero-order valence-corrected chi connectivity index (χ0v) is 27.9. The standard InChI is InChI=1S/C31H32BrF6N5O2Si/c1-46(2,3)7-6-45-15-42-5-4-17-11-22(32)26(40-30(17)42)23(10-16-8-18(33)12-19(34)9-16)39-24(44)14-43-28-25(27(41-43)29(35)36)20-13-21(20)31(28,37)38/h4-5,8-9,11-12,20-21,23,29H,6-7,10,13-15H2,1-3H3,(H,39,44)/t20-,21+,23?/m0/s1. The predicted octanol–water partition coefficient (Wildman–Crippen LogP) is 7.83. The van der Waals surface area contributed by atoms with Crippen LogP contribution < -0.4 is 5.32 Å². The van der Waals surface area contributed by atoms with E-state index in [9.17, 15) is 22.4 Å². The summed E-state index contributed by atoms with van der Waals surface area (Å²) in [7, 11) is -1.31. The number of benzene rings is 1. The van der Waals surface area contributed by atoms with Crippen LogP contribution in [0.15, 0.2) is 41.0 Å². The van der Waals surface area contributed by atoms with Gasteiger partial charge in [0, 0.05) is 48.3 Å². The van der Waals surface area contributed by atoms with Crippen molar-refractivity contribution in [2.45, 2.75) is 76.1 Å². The van der Waals surface area contributed by atoms with Gasteiger partial charge in [0.15, 0.2) is 0 Å². The van der Waals surface area contributed by atoms with Crippen LogP contribution in [0.3, 0.4) is 0 Å². The molecule has 4 aromatic rings. The molecule has 7 nitrogen and oxygen atoms in total. The summed E-state index contributed by atoms with van der Waals surface area (Å²) in [6, 6.07) is 6.55. The second-order valence-corrected chi connectivity index (χ2v) is 19.7. The van der Waals surface area contributed by atoms with E-state index in [0.29, 0.717) is 27.1 Å². The summed E-state index contributed by atoms with van der Waals surface area (Å²) in [6.07, 6.45) is -1.30. The summed E-state index contributed by atoms with van der Waals surface area (Å²) in [5, 5.41) is 7.22. The number of fused-ring (bicyclic) bond motifs is 4. The van der Waals surface area contributed by atoms with E-state index in [-0.39, 0.29) is 30.7 Å².